The summed E-state index contributed by atoms with van der Waals surface area (Å²) in [6.07, 6.45) is 5.35. The number of nitrogens with one attached hydrogen (secondary N) is 1. The summed E-state index contributed by atoms with van der Waals surface area (Å²) in [4.78, 5) is 7.82. The zero-order valence-corrected chi connectivity index (χ0v) is 17.2. The highest BCUT2D eigenvalue weighted by molar-refractivity contribution is 7.98. The van der Waals surface area contributed by atoms with Crippen LogP contribution in [0.15, 0.2) is 34.2 Å². The Morgan fingerprint density at radius 2 is 2.04 bits per heavy atom. The number of nitrogens with zero attached hydrogens (tertiary/aromatic N) is 2. The molecule has 1 N–H and O–H groups in total. The van der Waals surface area contributed by atoms with E-state index in [-0.39, 0.29) is 0 Å². The molecule has 5 nitrogen and oxygen atoms in total. The van der Waals surface area contributed by atoms with Crippen LogP contribution in [0.3, 0.4) is 0 Å². The average Bonchev–Trinajstić information content (AvgIpc) is 2.68. The van der Waals surface area contributed by atoms with Crippen molar-refractivity contribution >= 4 is 17.7 Å². The van der Waals surface area contributed by atoms with Gasteiger partial charge in [-0.25, -0.2) is 0 Å². The molecule has 1 aromatic rings. The van der Waals surface area contributed by atoms with Crippen molar-refractivity contribution in [2.24, 2.45) is 10.9 Å². The number of thioether (sulfide) groups is 1. The van der Waals surface area contributed by atoms with Gasteiger partial charge in [-0.1, -0.05) is 12.1 Å². The van der Waals surface area contributed by atoms with Crippen molar-refractivity contribution in [2.75, 3.05) is 53.3 Å². The van der Waals surface area contributed by atoms with Crippen LogP contribution in [-0.4, -0.2) is 64.2 Å². The number of guanidine groups is 1. The second-order valence-electron chi connectivity index (χ2n) is 6.66. The maximum atomic E-state index is 5.82. The number of aliphatic imine (C=N–C) groups is 1. The fraction of sp³-hybridized carbons (Fsp3) is 0.650. The molecule has 0 unspecified atom stereocenters. The Bertz CT molecular complexity index is 530. The zero-order chi connectivity index (χ0) is 18.6. The lowest BCUT2D eigenvalue weighted by atomic mass is 10.0. The molecule has 0 aliphatic carbocycles. The van der Waals surface area contributed by atoms with E-state index in [1.165, 1.54) is 10.5 Å². The number of hydrogen-bond acceptors (Lipinski definition) is 4. The first kappa shape index (κ1) is 21.1. The highest BCUT2D eigenvalue weighted by Gasteiger charge is 2.13. The molecule has 146 valence electrons. The highest BCUT2D eigenvalue weighted by Crippen LogP contribution is 2.16. The summed E-state index contributed by atoms with van der Waals surface area (Å²) in [6, 6.07) is 8.69. The molecule has 1 aliphatic heterocycles. The van der Waals surface area contributed by atoms with Gasteiger partial charge in [-0.2, -0.15) is 0 Å². The number of ether oxygens (including phenoxy) is 2. The molecule has 0 amide bonds. The van der Waals surface area contributed by atoms with Crippen LogP contribution in [0, 0.1) is 5.92 Å². The Morgan fingerprint density at radius 3 is 2.69 bits per heavy atom. The van der Waals surface area contributed by atoms with Crippen LogP contribution >= 0.6 is 11.8 Å². The molecule has 1 fully saturated rings. The van der Waals surface area contributed by atoms with Gasteiger partial charge in [0.25, 0.3) is 0 Å². The van der Waals surface area contributed by atoms with E-state index in [9.17, 15) is 0 Å². The maximum Gasteiger partial charge on any atom is 0.193 e. The lowest BCUT2D eigenvalue weighted by molar-refractivity contribution is 0.0203. The van der Waals surface area contributed by atoms with E-state index in [0.717, 1.165) is 64.7 Å². The number of benzene rings is 1. The van der Waals surface area contributed by atoms with E-state index in [1.54, 1.807) is 11.8 Å². The molecule has 0 spiro atoms. The Balaban J connectivity index is 1.61. The summed E-state index contributed by atoms with van der Waals surface area (Å²) >= 11 is 1.77. The van der Waals surface area contributed by atoms with Gasteiger partial charge in [0.2, 0.25) is 0 Å². The first-order valence-electron chi connectivity index (χ1n) is 9.43. The standard InChI is InChI=1S/C20H33N3O2S/c1-21-20(23(2)15-17-5-7-19(26-3)8-6-17)22-11-4-12-25-16-18-9-13-24-14-10-18/h5-8,18H,4,9-16H2,1-3H3,(H,21,22). The normalized spacial score (nSPS) is 15.9. The van der Waals surface area contributed by atoms with Crippen molar-refractivity contribution in [2.45, 2.75) is 30.7 Å². The second kappa shape index (κ2) is 12.2. The van der Waals surface area contributed by atoms with Crippen molar-refractivity contribution in [3.8, 4) is 0 Å². The molecule has 0 saturated carbocycles. The van der Waals surface area contributed by atoms with E-state index in [4.69, 9.17) is 9.47 Å². The average molecular weight is 380 g/mol. The third-order valence-corrected chi connectivity index (χ3v) is 5.34. The SMILES string of the molecule is CN=C(NCCCOCC1CCOCC1)N(C)Cc1ccc(SC)cc1. The maximum absolute atomic E-state index is 5.82. The fourth-order valence-electron chi connectivity index (χ4n) is 3.00. The van der Waals surface area contributed by atoms with Crippen LogP contribution in [0.25, 0.3) is 0 Å². The first-order chi connectivity index (χ1) is 12.7. The van der Waals surface area contributed by atoms with E-state index in [2.05, 4.69) is 52.8 Å². The van der Waals surface area contributed by atoms with E-state index in [0.29, 0.717) is 5.92 Å². The highest BCUT2D eigenvalue weighted by atomic mass is 32.2. The van der Waals surface area contributed by atoms with Gasteiger partial charge < -0.3 is 19.7 Å². The molecule has 6 heteroatoms. The Labute approximate surface area is 162 Å². The minimum atomic E-state index is 0.674. The van der Waals surface area contributed by atoms with Crippen LogP contribution in [0.2, 0.25) is 0 Å². The van der Waals surface area contributed by atoms with E-state index in [1.807, 2.05) is 7.05 Å². The fourth-order valence-corrected chi connectivity index (χ4v) is 3.41. The third-order valence-electron chi connectivity index (χ3n) is 4.60. The molecule has 0 bridgehead atoms. The first-order valence-corrected chi connectivity index (χ1v) is 10.7. The van der Waals surface area contributed by atoms with Crippen molar-refractivity contribution in [1.82, 2.24) is 10.2 Å². The van der Waals surface area contributed by atoms with Gasteiger partial charge in [0.1, 0.15) is 0 Å². The Kier molecular flexibility index (Phi) is 9.89. The summed E-state index contributed by atoms with van der Waals surface area (Å²) in [5.41, 5.74) is 1.29. The molecule has 1 saturated heterocycles. The predicted molar refractivity (Wildman–Crippen MR) is 110 cm³/mol. The van der Waals surface area contributed by atoms with Gasteiger partial charge in [-0.05, 0) is 49.1 Å². The van der Waals surface area contributed by atoms with Crippen LogP contribution in [0.4, 0.5) is 0 Å². The Morgan fingerprint density at radius 1 is 1.31 bits per heavy atom. The third kappa shape index (κ3) is 7.56. The molecule has 0 atom stereocenters. The number of rotatable bonds is 9. The van der Waals surface area contributed by atoms with Gasteiger partial charge in [0.15, 0.2) is 5.96 Å². The minimum Gasteiger partial charge on any atom is -0.381 e. The monoisotopic (exact) mass is 379 g/mol. The van der Waals surface area contributed by atoms with Crippen LogP contribution in [0.5, 0.6) is 0 Å². The lowest BCUT2D eigenvalue weighted by Crippen LogP contribution is -2.39. The summed E-state index contributed by atoms with van der Waals surface area (Å²) in [6.45, 7) is 5.15. The van der Waals surface area contributed by atoms with Gasteiger partial charge in [0.05, 0.1) is 0 Å². The molecule has 0 radical (unpaired) electrons. The molecule has 1 aromatic carbocycles. The van der Waals surface area contributed by atoms with Crippen molar-refractivity contribution < 1.29 is 9.47 Å². The van der Waals surface area contributed by atoms with Gasteiger partial charge >= 0.3 is 0 Å². The van der Waals surface area contributed by atoms with Crippen molar-refractivity contribution in [3.63, 3.8) is 0 Å². The molecule has 26 heavy (non-hydrogen) atoms. The molecular weight excluding hydrogens is 346 g/mol. The summed E-state index contributed by atoms with van der Waals surface area (Å²) < 4.78 is 11.2. The minimum absolute atomic E-state index is 0.674. The van der Waals surface area contributed by atoms with E-state index < -0.39 is 0 Å². The molecule has 2 rings (SSSR count). The summed E-state index contributed by atoms with van der Waals surface area (Å²) in [5.74, 6) is 1.59. The van der Waals surface area contributed by atoms with Gasteiger partial charge in [-0.3, -0.25) is 4.99 Å². The van der Waals surface area contributed by atoms with Crippen LogP contribution < -0.4 is 5.32 Å². The van der Waals surface area contributed by atoms with Crippen LogP contribution in [0.1, 0.15) is 24.8 Å². The quantitative estimate of drug-likeness (QED) is 0.309. The Hall–Kier alpha value is -1.24. The second-order valence-corrected chi connectivity index (χ2v) is 7.54. The molecular formula is C20H33N3O2S. The summed E-state index contributed by atoms with van der Waals surface area (Å²) in [7, 11) is 3.90. The lowest BCUT2D eigenvalue weighted by Gasteiger charge is -2.23. The molecule has 1 heterocycles. The summed E-state index contributed by atoms with van der Waals surface area (Å²) in [5, 5.41) is 3.42. The molecule has 1 aliphatic rings. The van der Waals surface area contributed by atoms with Gasteiger partial charge in [0, 0.05) is 58.5 Å². The largest absolute Gasteiger partial charge is 0.381 e. The van der Waals surface area contributed by atoms with Crippen LogP contribution in [-0.2, 0) is 16.0 Å². The smallest absolute Gasteiger partial charge is 0.193 e. The van der Waals surface area contributed by atoms with Crippen molar-refractivity contribution in [3.05, 3.63) is 29.8 Å². The number of hydrogen-bond donors (Lipinski definition) is 1. The zero-order valence-electron chi connectivity index (χ0n) is 16.4. The van der Waals surface area contributed by atoms with Crippen molar-refractivity contribution in [1.29, 1.82) is 0 Å². The predicted octanol–water partition coefficient (Wildman–Crippen LogP) is 3.25. The van der Waals surface area contributed by atoms with Gasteiger partial charge in [-0.15, -0.1) is 11.8 Å². The molecule has 0 aromatic heterocycles. The topological polar surface area (TPSA) is 46.1 Å². The van der Waals surface area contributed by atoms with E-state index >= 15 is 0 Å².